The van der Waals surface area contributed by atoms with Crippen molar-refractivity contribution in [2.24, 2.45) is 4.99 Å². The molecule has 0 radical (unpaired) electrons. The van der Waals surface area contributed by atoms with Crippen molar-refractivity contribution in [1.82, 2.24) is 15.6 Å². The zero-order valence-electron chi connectivity index (χ0n) is 13.1. The fourth-order valence-electron chi connectivity index (χ4n) is 1.82. The van der Waals surface area contributed by atoms with Crippen molar-refractivity contribution in [3.8, 4) is 0 Å². The van der Waals surface area contributed by atoms with E-state index in [2.05, 4.69) is 57.4 Å². The van der Waals surface area contributed by atoms with Crippen LogP contribution in [-0.2, 0) is 13.0 Å². The Bertz CT molecular complexity index is 564. The highest BCUT2D eigenvalue weighted by Gasteiger charge is 2.06. The van der Waals surface area contributed by atoms with E-state index in [1.54, 1.807) is 29.7 Å². The van der Waals surface area contributed by atoms with Crippen molar-refractivity contribution in [2.75, 3.05) is 13.6 Å². The molecule has 0 bridgehead atoms. The number of halogens is 1. The number of guanidine groups is 1. The Morgan fingerprint density at radius 2 is 2.14 bits per heavy atom. The van der Waals surface area contributed by atoms with Gasteiger partial charge in [-0.1, -0.05) is 19.9 Å². The second-order valence-corrected chi connectivity index (χ2v) is 6.94. The standard InChI is InChI=1S/C15H22N4S2.HI/c1-11(2)14-19-12(10-21-14)6-7-17-15(16-3)18-9-13-5-4-8-20-13;/h4-5,8,10-11H,6-7,9H2,1-3H3,(H2,16,17,18);1H. The Morgan fingerprint density at radius 3 is 2.73 bits per heavy atom. The normalized spacial score (nSPS) is 11.4. The van der Waals surface area contributed by atoms with Crippen LogP contribution in [0.3, 0.4) is 0 Å². The number of nitrogens with one attached hydrogen (secondary N) is 2. The van der Waals surface area contributed by atoms with Gasteiger partial charge in [-0.15, -0.1) is 46.7 Å². The number of hydrogen-bond acceptors (Lipinski definition) is 4. The highest BCUT2D eigenvalue weighted by Crippen LogP contribution is 2.19. The molecular weight excluding hydrogens is 427 g/mol. The lowest BCUT2D eigenvalue weighted by molar-refractivity contribution is 0.780. The number of aromatic nitrogens is 1. The summed E-state index contributed by atoms with van der Waals surface area (Å²) in [5.74, 6) is 1.35. The van der Waals surface area contributed by atoms with Crippen LogP contribution < -0.4 is 10.6 Å². The van der Waals surface area contributed by atoms with E-state index < -0.39 is 0 Å². The summed E-state index contributed by atoms with van der Waals surface area (Å²) >= 11 is 3.49. The van der Waals surface area contributed by atoms with Gasteiger partial charge < -0.3 is 10.6 Å². The monoisotopic (exact) mass is 450 g/mol. The van der Waals surface area contributed by atoms with Gasteiger partial charge in [0.1, 0.15) is 0 Å². The third kappa shape index (κ3) is 6.21. The Labute approximate surface area is 157 Å². The summed E-state index contributed by atoms with van der Waals surface area (Å²) in [7, 11) is 1.80. The molecule has 0 spiro atoms. The van der Waals surface area contributed by atoms with Gasteiger partial charge in [0.2, 0.25) is 0 Å². The summed E-state index contributed by atoms with van der Waals surface area (Å²) in [6.07, 6.45) is 0.920. The van der Waals surface area contributed by atoms with E-state index >= 15 is 0 Å². The van der Waals surface area contributed by atoms with Gasteiger partial charge in [0, 0.05) is 36.2 Å². The second kappa shape index (κ2) is 10.2. The van der Waals surface area contributed by atoms with E-state index in [0.717, 1.165) is 31.2 Å². The van der Waals surface area contributed by atoms with Crippen LogP contribution in [0.1, 0.15) is 35.3 Å². The minimum atomic E-state index is 0. The van der Waals surface area contributed by atoms with Crippen LogP contribution in [0, 0.1) is 0 Å². The molecule has 0 saturated carbocycles. The Balaban J connectivity index is 0.00000242. The van der Waals surface area contributed by atoms with Crippen molar-refractivity contribution in [3.05, 3.63) is 38.5 Å². The van der Waals surface area contributed by atoms with Gasteiger partial charge in [-0.25, -0.2) is 4.98 Å². The topological polar surface area (TPSA) is 49.3 Å². The van der Waals surface area contributed by atoms with E-state index in [1.807, 2.05) is 0 Å². The maximum Gasteiger partial charge on any atom is 0.191 e. The predicted molar refractivity (Wildman–Crippen MR) is 108 cm³/mol. The van der Waals surface area contributed by atoms with Crippen LogP contribution in [0.4, 0.5) is 0 Å². The average molecular weight is 450 g/mol. The van der Waals surface area contributed by atoms with Crippen LogP contribution in [0.15, 0.2) is 27.9 Å². The highest BCUT2D eigenvalue weighted by atomic mass is 127. The summed E-state index contributed by atoms with van der Waals surface area (Å²) in [6, 6.07) is 4.18. The zero-order valence-corrected chi connectivity index (χ0v) is 17.1. The van der Waals surface area contributed by atoms with Crippen LogP contribution in [-0.4, -0.2) is 24.5 Å². The van der Waals surface area contributed by atoms with E-state index in [1.165, 1.54) is 9.88 Å². The molecule has 0 amide bonds. The Hall–Kier alpha value is -0.670. The summed E-state index contributed by atoms with van der Waals surface area (Å²) in [5.41, 5.74) is 1.16. The number of nitrogens with zero attached hydrogens (tertiary/aromatic N) is 2. The quantitative estimate of drug-likeness (QED) is 0.399. The van der Waals surface area contributed by atoms with Gasteiger partial charge in [0.05, 0.1) is 17.2 Å². The molecule has 0 fully saturated rings. The molecule has 0 atom stereocenters. The first-order valence-corrected chi connectivity index (χ1v) is 8.86. The van der Waals surface area contributed by atoms with E-state index in [0.29, 0.717) is 5.92 Å². The molecule has 22 heavy (non-hydrogen) atoms. The molecule has 0 saturated heterocycles. The molecule has 2 aromatic heterocycles. The third-order valence-electron chi connectivity index (χ3n) is 2.97. The van der Waals surface area contributed by atoms with E-state index in [-0.39, 0.29) is 24.0 Å². The minimum Gasteiger partial charge on any atom is -0.356 e. The zero-order chi connectivity index (χ0) is 15.1. The van der Waals surface area contributed by atoms with Gasteiger partial charge in [-0.3, -0.25) is 4.99 Å². The average Bonchev–Trinajstić information content (AvgIpc) is 3.13. The summed E-state index contributed by atoms with van der Waals surface area (Å²) in [5, 5.41) is 12.1. The van der Waals surface area contributed by atoms with Gasteiger partial charge >= 0.3 is 0 Å². The minimum absolute atomic E-state index is 0. The molecule has 7 heteroatoms. The van der Waals surface area contributed by atoms with Gasteiger partial charge in [0.15, 0.2) is 5.96 Å². The lowest BCUT2D eigenvalue weighted by Gasteiger charge is -2.10. The van der Waals surface area contributed by atoms with Gasteiger partial charge in [-0.2, -0.15) is 0 Å². The SMILES string of the molecule is CN=C(NCCc1csc(C(C)C)n1)NCc1cccs1.I. The van der Waals surface area contributed by atoms with E-state index in [9.17, 15) is 0 Å². The molecule has 2 rings (SSSR count). The van der Waals surface area contributed by atoms with Gasteiger partial charge in [0.25, 0.3) is 0 Å². The first-order valence-electron chi connectivity index (χ1n) is 7.10. The predicted octanol–water partition coefficient (Wildman–Crippen LogP) is 3.85. The molecular formula is C15H23IN4S2. The summed E-state index contributed by atoms with van der Waals surface area (Å²) < 4.78 is 0. The molecule has 2 heterocycles. The smallest absolute Gasteiger partial charge is 0.191 e. The summed E-state index contributed by atoms with van der Waals surface area (Å²) in [4.78, 5) is 10.2. The largest absolute Gasteiger partial charge is 0.356 e. The second-order valence-electron chi connectivity index (χ2n) is 5.01. The molecule has 0 unspecified atom stereocenters. The molecule has 0 aliphatic carbocycles. The van der Waals surface area contributed by atoms with Crippen molar-refractivity contribution in [3.63, 3.8) is 0 Å². The Kier molecular flexibility index (Phi) is 8.96. The molecule has 2 aromatic rings. The van der Waals surface area contributed by atoms with Crippen molar-refractivity contribution in [2.45, 2.75) is 32.7 Å². The van der Waals surface area contributed by atoms with Crippen molar-refractivity contribution < 1.29 is 0 Å². The van der Waals surface area contributed by atoms with Gasteiger partial charge in [-0.05, 0) is 11.4 Å². The van der Waals surface area contributed by atoms with Crippen LogP contribution in [0.25, 0.3) is 0 Å². The fourth-order valence-corrected chi connectivity index (χ4v) is 3.33. The number of aliphatic imine (C=N–C) groups is 1. The van der Waals surface area contributed by atoms with E-state index in [4.69, 9.17) is 0 Å². The number of rotatable bonds is 6. The fraction of sp³-hybridized carbons (Fsp3) is 0.467. The van der Waals surface area contributed by atoms with Crippen LogP contribution >= 0.6 is 46.7 Å². The maximum absolute atomic E-state index is 4.64. The highest BCUT2D eigenvalue weighted by molar-refractivity contribution is 14.0. The van der Waals surface area contributed by atoms with Crippen molar-refractivity contribution in [1.29, 1.82) is 0 Å². The first kappa shape index (κ1) is 19.4. The number of thiazole rings is 1. The number of hydrogen-bond donors (Lipinski definition) is 2. The van der Waals surface area contributed by atoms with Crippen LogP contribution in [0.2, 0.25) is 0 Å². The third-order valence-corrected chi connectivity index (χ3v) is 5.04. The Morgan fingerprint density at radius 1 is 1.32 bits per heavy atom. The molecule has 0 aromatic carbocycles. The maximum atomic E-state index is 4.64. The lowest BCUT2D eigenvalue weighted by Crippen LogP contribution is -2.37. The molecule has 2 N–H and O–H groups in total. The molecule has 4 nitrogen and oxygen atoms in total. The number of thiophene rings is 1. The first-order chi connectivity index (χ1) is 10.2. The lowest BCUT2D eigenvalue weighted by atomic mass is 10.2. The molecule has 122 valence electrons. The van der Waals surface area contributed by atoms with Crippen LogP contribution in [0.5, 0.6) is 0 Å². The molecule has 0 aliphatic heterocycles. The molecule has 0 aliphatic rings. The van der Waals surface area contributed by atoms with Crippen molar-refractivity contribution >= 4 is 52.6 Å². The summed E-state index contributed by atoms with van der Waals surface area (Å²) in [6.45, 7) is 6.01.